The highest BCUT2D eigenvalue weighted by Gasteiger charge is 2.42. The molecule has 0 fully saturated rings. The zero-order chi connectivity index (χ0) is 32.7. The van der Waals surface area contributed by atoms with Crippen molar-refractivity contribution in [1.29, 1.82) is 0 Å². The molecule has 3 rings (SSSR count). The number of rotatable bonds is 15. The van der Waals surface area contributed by atoms with Crippen LogP contribution in [0.4, 0.5) is 0 Å². The first kappa shape index (κ1) is 35.0. The molecule has 2 aromatic rings. The molecule has 0 bridgehead atoms. The number of unbranched alkanes of at least 4 members (excludes halogenated alkanes) is 1. The standard InChI is InChI=1S/C33H46N2O8S/c1-6-10-18-33(9-4)21-44(41,42)28-19-23(27(43-5)20-24(28)30(34-33)22-14-12-11-13-15-22)16-17-29(36)35(25(7-2)31(37)38)26(8-3)32(39)40/h11-15,19-20,25-26,30,34H,6-10,16-18,21H2,1-5H3,(H,37,38)(H,39,40)/t25?,26?,30-,33-/m1/s1. The molecular weight excluding hydrogens is 584 g/mol. The quantitative estimate of drug-likeness (QED) is 0.247. The van der Waals surface area contributed by atoms with Crippen LogP contribution in [-0.2, 0) is 30.6 Å². The average molecular weight is 631 g/mol. The van der Waals surface area contributed by atoms with Gasteiger partial charge in [0.1, 0.15) is 17.8 Å². The van der Waals surface area contributed by atoms with Crippen molar-refractivity contribution in [3.05, 3.63) is 59.2 Å². The molecule has 2 aromatic carbocycles. The third kappa shape index (κ3) is 7.61. The van der Waals surface area contributed by atoms with E-state index in [2.05, 4.69) is 12.2 Å². The average Bonchev–Trinajstić information content (AvgIpc) is 3.10. The number of nitrogens with zero attached hydrogens (tertiary/aromatic N) is 1. The molecule has 1 amide bonds. The van der Waals surface area contributed by atoms with Gasteiger partial charge in [0.05, 0.1) is 23.8 Å². The summed E-state index contributed by atoms with van der Waals surface area (Å²) in [4.78, 5) is 38.5. The lowest BCUT2D eigenvalue weighted by molar-refractivity contribution is -0.159. The summed E-state index contributed by atoms with van der Waals surface area (Å²) in [6, 6.07) is 9.93. The maximum Gasteiger partial charge on any atom is 0.326 e. The number of amides is 1. The molecule has 0 radical (unpaired) electrons. The Morgan fingerprint density at radius 3 is 2.14 bits per heavy atom. The highest BCUT2D eigenvalue weighted by Crippen LogP contribution is 2.41. The number of hydrogen-bond donors (Lipinski definition) is 3. The zero-order valence-electron chi connectivity index (χ0n) is 26.3. The Bertz CT molecular complexity index is 1410. The summed E-state index contributed by atoms with van der Waals surface area (Å²) in [6.45, 7) is 7.25. The van der Waals surface area contributed by atoms with E-state index < -0.39 is 51.3 Å². The van der Waals surface area contributed by atoms with Gasteiger partial charge in [-0.3, -0.25) is 10.1 Å². The lowest BCUT2D eigenvalue weighted by Crippen LogP contribution is -2.53. The highest BCUT2D eigenvalue weighted by atomic mass is 32.2. The monoisotopic (exact) mass is 630 g/mol. The van der Waals surface area contributed by atoms with Gasteiger partial charge < -0.3 is 19.8 Å². The number of benzene rings is 2. The molecule has 3 N–H and O–H groups in total. The lowest BCUT2D eigenvalue weighted by Gasteiger charge is -2.36. The molecule has 44 heavy (non-hydrogen) atoms. The van der Waals surface area contributed by atoms with E-state index in [1.165, 1.54) is 7.11 Å². The van der Waals surface area contributed by atoms with Gasteiger partial charge in [-0.15, -0.1) is 0 Å². The summed E-state index contributed by atoms with van der Waals surface area (Å²) >= 11 is 0. The maximum absolute atomic E-state index is 14.1. The molecule has 242 valence electrons. The first-order valence-electron chi connectivity index (χ1n) is 15.4. The molecule has 1 heterocycles. The third-order valence-corrected chi connectivity index (χ3v) is 10.7. The number of carbonyl (C=O) groups is 3. The van der Waals surface area contributed by atoms with E-state index in [-0.39, 0.29) is 36.3 Å². The number of methoxy groups -OCH3 is 1. The Morgan fingerprint density at radius 1 is 1.02 bits per heavy atom. The second-order valence-corrected chi connectivity index (χ2v) is 13.5. The number of sulfone groups is 1. The first-order chi connectivity index (χ1) is 20.9. The van der Waals surface area contributed by atoms with Crippen LogP contribution < -0.4 is 10.1 Å². The molecule has 1 aliphatic rings. The SMILES string of the molecule is CCCC[C@]1(CC)CS(=O)(=O)c2cc(CCC(=O)N(C(CC)C(=O)O)C(CC)C(=O)O)c(OC)cc2[C@@H](c2ccccc2)N1. The fourth-order valence-electron chi connectivity index (χ4n) is 6.23. The number of aryl methyl sites for hydroxylation is 1. The van der Waals surface area contributed by atoms with Crippen LogP contribution in [-0.4, -0.2) is 71.9 Å². The number of carbonyl (C=O) groups excluding carboxylic acids is 1. The van der Waals surface area contributed by atoms with Crippen LogP contribution in [0.5, 0.6) is 5.75 Å². The van der Waals surface area contributed by atoms with E-state index in [1.807, 2.05) is 37.3 Å². The van der Waals surface area contributed by atoms with Crippen molar-refractivity contribution in [2.75, 3.05) is 12.9 Å². The van der Waals surface area contributed by atoms with E-state index in [4.69, 9.17) is 4.74 Å². The summed E-state index contributed by atoms with van der Waals surface area (Å²) in [5, 5.41) is 23.2. The van der Waals surface area contributed by atoms with Crippen LogP contribution in [0.3, 0.4) is 0 Å². The number of carboxylic acid groups (broad SMARTS) is 2. The third-order valence-electron chi connectivity index (χ3n) is 8.71. The Kier molecular flexibility index (Phi) is 12.0. The summed E-state index contributed by atoms with van der Waals surface area (Å²) in [7, 11) is -2.32. The number of hydrogen-bond acceptors (Lipinski definition) is 7. The molecule has 0 aliphatic carbocycles. The second kappa shape index (κ2) is 15.0. The van der Waals surface area contributed by atoms with Crippen molar-refractivity contribution in [3.63, 3.8) is 0 Å². The minimum atomic E-state index is -3.80. The van der Waals surface area contributed by atoms with E-state index in [0.717, 1.165) is 23.3 Å². The molecular formula is C33H46N2O8S. The van der Waals surface area contributed by atoms with Crippen LogP contribution in [0.2, 0.25) is 0 Å². The molecule has 0 aromatic heterocycles. The number of nitrogens with one attached hydrogen (secondary N) is 1. The van der Waals surface area contributed by atoms with Gasteiger partial charge in [-0.2, -0.15) is 0 Å². The zero-order valence-corrected chi connectivity index (χ0v) is 27.2. The molecule has 11 heteroatoms. The van der Waals surface area contributed by atoms with Crippen molar-refractivity contribution < 1.29 is 37.8 Å². The smallest absolute Gasteiger partial charge is 0.326 e. The summed E-state index contributed by atoms with van der Waals surface area (Å²) < 4.78 is 34.0. The van der Waals surface area contributed by atoms with E-state index in [9.17, 15) is 33.0 Å². The minimum absolute atomic E-state index is 0.0333. The van der Waals surface area contributed by atoms with Crippen LogP contribution in [0.1, 0.15) is 95.4 Å². The van der Waals surface area contributed by atoms with Gasteiger partial charge in [0.2, 0.25) is 5.91 Å². The molecule has 0 saturated carbocycles. The first-order valence-corrected chi connectivity index (χ1v) is 17.1. The Hall–Kier alpha value is -3.44. The lowest BCUT2D eigenvalue weighted by atomic mass is 9.87. The van der Waals surface area contributed by atoms with Crippen LogP contribution in [0.25, 0.3) is 0 Å². The predicted octanol–water partition coefficient (Wildman–Crippen LogP) is 4.99. The van der Waals surface area contributed by atoms with Crippen LogP contribution in [0, 0.1) is 0 Å². The van der Waals surface area contributed by atoms with Gasteiger partial charge in [-0.1, -0.05) is 70.9 Å². The number of aliphatic carboxylic acids is 2. The fourth-order valence-corrected chi connectivity index (χ4v) is 8.40. The van der Waals surface area contributed by atoms with Crippen molar-refractivity contribution >= 4 is 27.7 Å². The van der Waals surface area contributed by atoms with E-state index in [1.54, 1.807) is 26.0 Å². The highest BCUT2D eigenvalue weighted by molar-refractivity contribution is 7.91. The summed E-state index contributed by atoms with van der Waals surface area (Å²) in [5.41, 5.74) is 1.29. The minimum Gasteiger partial charge on any atom is -0.496 e. The molecule has 2 unspecified atom stereocenters. The number of carboxylic acids is 2. The number of fused-ring (bicyclic) bond motifs is 1. The normalized spacial score (nSPS) is 20.5. The largest absolute Gasteiger partial charge is 0.496 e. The Morgan fingerprint density at radius 2 is 1.64 bits per heavy atom. The summed E-state index contributed by atoms with van der Waals surface area (Å²) in [6.07, 6.45) is 2.98. The van der Waals surface area contributed by atoms with Crippen molar-refractivity contribution in [2.45, 2.75) is 108 Å². The van der Waals surface area contributed by atoms with Gasteiger partial charge >= 0.3 is 11.9 Å². The molecule has 4 atom stereocenters. The van der Waals surface area contributed by atoms with Gasteiger partial charge in [0.15, 0.2) is 9.84 Å². The van der Waals surface area contributed by atoms with Gasteiger partial charge in [-0.25, -0.2) is 18.0 Å². The van der Waals surface area contributed by atoms with Gasteiger partial charge in [0, 0.05) is 12.0 Å². The van der Waals surface area contributed by atoms with Crippen LogP contribution >= 0.6 is 0 Å². The number of ether oxygens (including phenoxy) is 1. The van der Waals surface area contributed by atoms with E-state index >= 15 is 0 Å². The van der Waals surface area contributed by atoms with Crippen LogP contribution in [0.15, 0.2) is 47.4 Å². The van der Waals surface area contributed by atoms with Gasteiger partial charge in [0.25, 0.3) is 0 Å². The van der Waals surface area contributed by atoms with Crippen molar-refractivity contribution in [2.24, 2.45) is 0 Å². The Labute approximate surface area is 260 Å². The molecule has 0 saturated heterocycles. The van der Waals surface area contributed by atoms with Gasteiger partial charge in [-0.05, 0) is 60.9 Å². The molecule has 1 aliphatic heterocycles. The summed E-state index contributed by atoms with van der Waals surface area (Å²) in [5.74, 6) is -2.89. The molecule has 0 spiro atoms. The Balaban J connectivity index is 2.11. The fraction of sp³-hybridized carbons (Fsp3) is 0.545. The predicted molar refractivity (Wildman–Crippen MR) is 168 cm³/mol. The van der Waals surface area contributed by atoms with Crippen molar-refractivity contribution in [1.82, 2.24) is 10.2 Å². The van der Waals surface area contributed by atoms with E-state index in [0.29, 0.717) is 29.7 Å². The topological polar surface area (TPSA) is 150 Å². The second-order valence-electron chi connectivity index (χ2n) is 11.5. The van der Waals surface area contributed by atoms with Crippen molar-refractivity contribution in [3.8, 4) is 5.75 Å². The molecule has 10 nitrogen and oxygen atoms in total. The maximum atomic E-state index is 14.1.